The number of benzene rings is 1. The van der Waals surface area contributed by atoms with Crippen molar-refractivity contribution in [2.75, 3.05) is 43.4 Å². The number of hydrogen-bond acceptors (Lipinski definition) is 4. The van der Waals surface area contributed by atoms with Crippen LogP contribution < -0.4 is 9.62 Å². The maximum Gasteiger partial charge on any atom is 0.237 e. The highest BCUT2D eigenvalue weighted by atomic mass is 32.2. The van der Waals surface area contributed by atoms with Gasteiger partial charge in [0.15, 0.2) is 0 Å². The van der Waals surface area contributed by atoms with Crippen LogP contribution in [0.4, 0.5) is 5.69 Å². The van der Waals surface area contributed by atoms with E-state index in [-0.39, 0.29) is 18.2 Å². The molecule has 0 aromatic heterocycles. The predicted molar refractivity (Wildman–Crippen MR) is 96.8 cm³/mol. The second-order valence-corrected chi connectivity index (χ2v) is 8.15. The van der Waals surface area contributed by atoms with Crippen molar-refractivity contribution < 1.29 is 13.2 Å². The SMILES string of the molecule is CCCS(=O)(=O)NCC(=O)N1CCN(c2cccc(C)c2C)CC1. The Morgan fingerprint density at radius 3 is 2.46 bits per heavy atom. The van der Waals surface area contributed by atoms with Crippen LogP contribution in [0.25, 0.3) is 0 Å². The summed E-state index contributed by atoms with van der Waals surface area (Å²) in [6.45, 7) is 8.62. The molecule has 1 aromatic carbocycles. The fourth-order valence-electron chi connectivity index (χ4n) is 2.90. The van der Waals surface area contributed by atoms with Gasteiger partial charge in [0.25, 0.3) is 0 Å². The first kappa shape index (κ1) is 18.7. The number of piperazine rings is 1. The molecule has 1 N–H and O–H groups in total. The Labute approximate surface area is 144 Å². The van der Waals surface area contributed by atoms with Crippen molar-refractivity contribution in [3.8, 4) is 0 Å². The van der Waals surface area contributed by atoms with E-state index in [2.05, 4.69) is 41.7 Å². The molecule has 0 radical (unpaired) electrons. The van der Waals surface area contributed by atoms with Crippen LogP contribution in [-0.2, 0) is 14.8 Å². The number of rotatable bonds is 6. The summed E-state index contributed by atoms with van der Waals surface area (Å²) in [5.74, 6) is -0.101. The molecule has 1 amide bonds. The summed E-state index contributed by atoms with van der Waals surface area (Å²) < 4.78 is 25.7. The van der Waals surface area contributed by atoms with Crippen LogP contribution in [0.5, 0.6) is 0 Å². The molecule has 0 bridgehead atoms. The first-order chi connectivity index (χ1) is 11.3. The molecule has 6 nitrogen and oxygen atoms in total. The molecule has 1 heterocycles. The molecule has 0 atom stereocenters. The van der Waals surface area contributed by atoms with Gasteiger partial charge >= 0.3 is 0 Å². The lowest BCUT2D eigenvalue weighted by atomic mass is 10.1. The van der Waals surface area contributed by atoms with Crippen LogP contribution >= 0.6 is 0 Å². The van der Waals surface area contributed by atoms with E-state index in [1.165, 1.54) is 16.8 Å². The first-order valence-electron chi connectivity index (χ1n) is 8.40. The van der Waals surface area contributed by atoms with E-state index in [1.54, 1.807) is 11.8 Å². The van der Waals surface area contributed by atoms with Crippen molar-refractivity contribution in [1.82, 2.24) is 9.62 Å². The van der Waals surface area contributed by atoms with Gasteiger partial charge < -0.3 is 9.80 Å². The molecule has 0 aliphatic carbocycles. The number of carbonyl (C=O) groups excluding carboxylic acids is 1. The molecule has 0 spiro atoms. The monoisotopic (exact) mass is 353 g/mol. The minimum absolute atomic E-state index is 0.0562. The standard InChI is InChI=1S/C17H27N3O3S/c1-4-12-24(22,23)18-13-17(21)20-10-8-19(9-11-20)16-7-5-6-14(2)15(16)3/h5-7,18H,4,8-13H2,1-3H3. The average molecular weight is 353 g/mol. The molecule has 2 rings (SSSR count). The lowest BCUT2D eigenvalue weighted by Gasteiger charge is -2.37. The van der Waals surface area contributed by atoms with E-state index < -0.39 is 10.0 Å². The first-order valence-corrected chi connectivity index (χ1v) is 10.1. The third-order valence-corrected chi connectivity index (χ3v) is 6.00. The third-order valence-electron chi connectivity index (χ3n) is 4.47. The summed E-state index contributed by atoms with van der Waals surface area (Å²) in [7, 11) is -3.34. The molecule has 0 saturated carbocycles. The van der Waals surface area contributed by atoms with Gasteiger partial charge in [0.1, 0.15) is 0 Å². The second kappa shape index (κ2) is 7.98. The van der Waals surface area contributed by atoms with E-state index in [4.69, 9.17) is 0 Å². The van der Waals surface area contributed by atoms with Crippen molar-refractivity contribution in [2.45, 2.75) is 27.2 Å². The quantitative estimate of drug-likeness (QED) is 0.836. The Balaban J connectivity index is 1.88. The summed E-state index contributed by atoms with van der Waals surface area (Å²) in [6, 6.07) is 6.26. The van der Waals surface area contributed by atoms with Crippen LogP contribution in [-0.4, -0.2) is 57.7 Å². The number of amides is 1. The molecule has 1 fully saturated rings. The molecule has 1 aromatic rings. The zero-order valence-electron chi connectivity index (χ0n) is 14.7. The highest BCUT2D eigenvalue weighted by Gasteiger charge is 2.23. The number of nitrogens with one attached hydrogen (secondary N) is 1. The fraction of sp³-hybridized carbons (Fsp3) is 0.588. The summed E-state index contributed by atoms with van der Waals surface area (Å²) in [5, 5.41) is 0. The van der Waals surface area contributed by atoms with E-state index >= 15 is 0 Å². The van der Waals surface area contributed by atoms with Gasteiger partial charge in [0, 0.05) is 31.9 Å². The zero-order valence-corrected chi connectivity index (χ0v) is 15.5. The van der Waals surface area contributed by atoms with Gasteiger partial charge in [0.05, 0.1) is 12.3 Å². The van der Waals surface area contributed by atoms with Crippen LogP contribution in [0, 0.1) is 13.8 Å². The van der Waals surface area contributed by atoms with Gasteiger partial charge in [0.2, 0.25) is 15.9 Å². The molecular weight excluding hydrogens is 326 g/mol. The molecular formula is C17H27N3O3S. The van der Waals surface area contributed by atoms with Crippen LogP contribution in [0.15, 0.2) is 18.2 Å². The topological polar surface area (TPSA) is 69.7 Å². The minimum atomic E-state index is -3.34. The van der Waals surface area contributed by atoms with E-state index in [9.17, 15) is 13.2 Å². The largest absolute Gasteiger partial charge is 0.368 e. The smallest absolute Gasteiger partial charge is 0.237 e. The van der Waals surface area contributed by atoms with Gasteiger partial charge in [-0.25, -0.2) is 13.1 Å². The molecule has 0 unspecified atom stereocenters. The van der Waals surface area contributed by atoms with Gasteiger partial charge in [-0.05, 0) is 37.5 Å². The zero-order chi connectivity index (χ0) is 17.7. The third kappa shape index (κ3) is 4.70. The number of aryl methyl sites for hydroxylation is 1. The summed E-state index contributed by atoms with van der Waals surface area (Å²) >= 11 is 0. The van der Waals surface area contributed by atoms with Crippen molar-refractivity contribution in [3.05, 3.63) is 29.3 Å². The summed E-state index contributed by atoms with van der Waals surface area (Å²) in [4.78, 5) is 16.2. The molecule has 1 aliphatic rings. The van der Waals surface area contributed by atoms with Gasteiger partial charge in [-0.15, -0.1) is 0 Å². The van der Waals surface area contributed by atoms with Crippen LogP contribution in [0.2, 0.25) is 0 Å². The van der Waals surface area contributed by atoms with Crippen molar-refractivity contribution in [1.29, 1.82) is 0 Å². The molecule has 1 saturated heterocycles. The number of nitrogens with zero attached hydrogens (tertiary/aromatic N) is 2. The van der Waals surface area contributed by atoms with Gasteiger partial charge in [-0.1, -0.05) is 19.1 Å². The summed E-state index contributed by atoms with van der Waals surface area (Å²) in [5.41, 5.74) is 3.74. The molecule has 7 heteroatoms. The average Bonchev–Trinajstić information content (AvgIpc) is 2.55. The van der Waals surface area contributed by atoms with E-state index in [0.29, 0.717) is 19.5 Å². The minimum Gasteiger partial charge on any atom is -0.368 e. The molecule has 1 aliphatic heterocycles. The number of anilines is 1. The number of sulfonamides is 1. The van der Waals surface area contributed by atoms with E-state index in [1.807, 2.05) is 0 Å². The molecule has 24 heavy (non-hydrogen) atoms. The van der Waals surface area contributed by atoms with Crippen molar-refractivity contribution in [3.63, 3.8) is 0 Å². The second-order valence-electron chi connectivity index (χ2n) is 6.23. The maximum atomic E-state index is 12.2. The predicted octanol–water partition coefficient (Wildman–Crippen LogP) is 1.28. The Morgan fingerprint density at radius 1 is 1.17 bits per heavy atom. The Kier molecular flexibility index (Phi) is 6.23. The lowest BCUT2D eigenvalue weighted by Crippen LogP contribution is -2.51. The maximum absolute atomic E-state index is 12.2. The molecule has 134 valence electrons. The van der Waals surface area contributed by atoms with Gasteiger partial charge in [-0.2, -0.15) is 0 Å². The summed E-state index contributed by atoms with van der Waals surface area (Å²) in [6.07, 6.45) is 0.540. The highest BCUT2D eigenvalue weighted by molar-refractivity contribution is 7.89. The normalized spacial score (nSPS) is 15.6. The Morgan fingerprint density at radius 2 is 1.83 bits per heavy atom. The van der Waals surface area contributed by atoms with E-state index in [0.717, 1.165) is 13.1 Å². The van der Waals surface area contributed by atoms with Gasteiger partial charge in [-0.3, -0.25) is 4.79 Å². The Bertz CT molecular complexity index is 680. The fourth-order valence-corrected chi connectivity index (χ4v) is 3.92. The number of hydrogen-bond donors (Lipinski definition) is 1. The van der Waals surface area contributed by atoms with Crippen molar-refractivity contribution in [2.24, 2.45) is 0 Å². The number of carbonyl (C=O) groups is 1. The Hall–Kier alpha value is -1.60. The lowest BCUT2D eigenvalue weighted by molar-refractivity contribution is -0.130. The van der Waals surface area contributed by atoms with Crippen LogP contribution in [0.3, 0.4) is 0 Å². The van der Waals surface area contributed by atoms with Crippen molar-refractivity contribution >= 4 is 21.6 Å². The van der Waals surface area contributed by atoms with Crippen LogP contribution in [0.1, 0.15) is 24.5 Å². The highest BCUT2D eigenvalue weighted by Crippen LogP contribution is 2.23.